The zero-order chi connectivity index (χ0) is 23.8. The lowest BCUT2D eigenvalue weighted by atomic mass is 10.0. The fourth-order valence-electron chi connectivity index (χ4n) is 3.84. The molecule has 33 heavy (non-hydrogen) atoms. The van der Waals surface area contributed by atoms with Crippen LogP contribution in [0.5, 0.6) is 11.5 Å². The van der Waals surface area contributed by atoms with Gasteiger partial charge in [-0.3, -0.25) is 4.79 Å². The minimum atomic E-state index is -0.0811. The van der Waals surface area contributed by atoms with E-state index in [9.17, 15) is 4.79 Å². The Labute approximate surface area is 197 Å². The Hall–Kier alpha value is -3.27. The predicted octanol–water partition coefficient (Wildman–Crippen LogP) is 6.34. The smallest absolute Gasteiger partial charge is 0.251 e. The lowest BCUT2D eigenvalue weighted by Gasteiger charge is -2.17. The van der Waals surface area contributed by atoms with Gasteiger partial charge >= 0.3 is 0 Å². The van der Waals surface area contributed by atoms with E-state index in [1.54, 1.807) is 0 Å². The molecule has 1 N–H and O–H groups in total. The molecule has 1 amide bonds. The van der Waals surface area contributed by atoms with Crippen LogP contribution in [0.2, 0.25) is 0 Å². The highest BCUT2D eigenvalue weighted by molar-refractivity contribution is 5.94. The molecule has 0 bridgehead atoms. The van der Waals surface area contributed by atoms with Crippen molar-refractivity contribution >= 4 is 5.91 Å². The molecular formula is C29H35NO3. The molecular weight excluding hydrogens is 410 g/mol. The Balaban J connectivity index is 1.69. The molecule has 0 radical (unpaired) electrons. The summed E-state index contributed by atoms with van der Waals surface area (Å²) in [5.41, 5.74) is 6.24. The number of aryl methyl sites for hydroxylation is 3. The Morgan fingerprint density at radius 2 is 1.70 bits per heavy atom. The van der Waals surface area contributed by atoms with Crippen LogP contribution in [0.3, 0.4) is 0 Å². The molecule has 1 unspecified atom stereocenters. The molecule has 0 aliphatic heterocycles. The molecule has 3 aromatic rings. The minimum absolute atomic E-state index is 0.0712. The fraction of sp³-hybridized carbons (Fsp3) is 0.345. The highest BCUT2D eigenvalue weighted by atomic mass is 16.5. The summed E-state index contributed by atoms with van der Waals surface area (Å²) < 4.78 is 12.0. The fourth-order valence-corrected chi connectivity index (χ4v) is 3.84. The van der Waals surface area contributed by atoms with Crippen LogP contribution in [-0.2, 0) is 13.0 Å². The molecule has 3 aromatic carbocycles. The van der Waals surface area contributed by atoms with Gasteiger partial charge in [0, 0.05) is 17.2 Å². The van der Waals surface area contributed by atoms with E-state index in [2.05, 4.69) is 44.3 Å². The zero-order valence-corrected chi connectivity index (χ0v) is 20.4. The first-order valence-electron chi connectivity index (χ1n) is 11.7. The third kappa shape index (κ3) is 6.85. The predicted molar refractivity (Wildman–Crippen MR) is 134 cm³/mol. The zero-order valence-electron chi connectivity index (χ0n) is 20.4. The summed E-state index contributed by atoms with van der Waals surface area (Å²) >= 11 is 0. The van der Waals surface area contributed by atoms with Crippen LogP contribution in [-0.4, -0.2) is 18.6 Å². The van der Waals surface area contributed by atoms with E-state index in [1.165, 1.54) is 11.1 Å². The van der Waals surface area contributed by atoms with Crippen molar-refractivity contribution in [2.45, 2.75) is 60.1 Å². The number of rotatable bonds is 10. The van der Waals surface area contributed by atoms with Crippen LogP contribution in [0, 0.1) is 20.8 Å². The number of hydrogen-bond acceptors (Lipinski definition) is 3. The average molecular weight is 446 g/mol. The van der Waals surface area contributed by atoms with Gasteiger partial charge in [-0.2, -0.15) is 0 Å². The molecule has 0 aromatic heterocycles. The number of ether oxygens (including phenoxy) is 2. The number of hydrogen-bond donors (Lipinski definition) is 1. The van der Waals surface area contributed by atoms with Crippen molar-refractivity contribution in [2.75, 3.05) is 6.61 Å². The van der Waals surface area contributed by atoms with E-state index < -0.39 is 0 Å². The van der Waals surface area contributed by atoms with Crippen molar-refractivity contribution in [3.05, 3.63) is 94.0 Å². The third-order valence-corrected chi connectivity index (χ3v) is 5.86. The molecule has 4 nitrogen and oxygen atoms in total. The van der Waals surface area contributed by atoms with Gasteiger partial charge < -0.3 is 14.8 Å². The van der Waals surface area contributed by atoms with Crippen molar-refractivity contribution in [3.8, 4) is 11.5 Å². The largest absolute Gasteiger partial charge is 0.493 e. The van der Waals surface area contributed by atoms with E-state index in [-0.39, 0.29) is 11.9 Å². The molecule has 0 aliphatic carbocycles. The van der Waals surface area contributed by atoms with E-state index in [0.717, 1.165) is 41.0 Å². The van der Waals surface area contributed by atoms with Crippen LogP contribution < -0.4 is 14.8 Å². The van der Waals surface area contributed by atoms with Gasteiger partial charge in [-0.15, -0.1) is 0 Å². The second kappa shape index (κ2) is 11.6. The second-order valence-corrected chi connectivity index (χ2v) is 8.65. The average Bonchev–Trinajstić information content (AvgIpc) is 2.80. The summed E-state index contributed by atoms with van der Waals surface area (Å²) in [6.45, 7) is 11.1. The van der Waals surface area contributed by atoms with Gasteiger partial charge in [0.15, 0.2) is 0 Å². The maximum absolute atomic E-state index is 12.9. The molecule has 0 saturated heterocycles. The summed E-state index contributed by atoms with van der Waals surface area (Å²) in [6.07, 6.45) is 1.81. The number of amides is 1. The summed E-state index contributed by atoms with van der Waals surface area (Å²) in [4.78, 5) is 12.9. The Kier molecular flexibility index (Phi) is 8.53. The molecule has 174 valence electrons. The summed E-state index contributed by atoms with van der Waals surface area (Å²) in [6, 6.07) is 20.2. The van der Waals surface area contributed by atoms with Crippen molar-refractivity contribution in [2.24, 2.45) is 0 Å². The maximum Gasteiger partial charge on any atom is 0.251 e. The molecule has 4 heteroatoms. The number of benzene rings is 3. The highest BCUT2D eigenvalue weighted by Crippen LogP contribution is 2.27. The molecule has 1 atom stereocenters. The van der Waals surface area contributed by atoms with Crippen LogP contribution in [0.4, 0.5) is 0 Å². The van der Waals surface area contributed by atoms with Gasteiger partial charge in [0.25, 0.3) is 5.91 Å². The van der Waals surface area contributed by atoms with Crippen molar-refractivity contribution in [1.29, 1.82) is 0 Å². The first-order chi connectivity index (χ1) is 15.9. The maximum atomic E-state index is 12.9. The Morgan fingerprint density at radius 1 is 0.939 bits per heavy atom. The van der Waals surface area contributed by atoms with Gasteiger partial charge in [0.1, 0.15) is 18.1 Å². The van der Waals surface area contributed by atoms with Gasteiger partial charge in [-0.1, -0.05) is 36.4 Å². The lowest BCUT2D eigenvalue weighted by molar-refractivity contribution is 0.0938. The summed E-state index contributed by atoms with van der Waals surface area (Å²) in [5.74, 6) is 1.52. The summed E-state index contributed by atoms with van der Waals surface area (Å²) in [7, 11) is 0. The summed E-state index contributed by atoms with van der Waals surface area (Å²) in [5, 5.41) is 3.12. The highest BCUT2D eigenvalue weighted by Gasteiger charge is 2.14. The van der Waals surface area contributed by atoms with Gasteiger partial charge in [0.2, 0.25) is 0 Å². The quantitative estimate of drug-likeness (QED) is 0.396. The van der Waals surface area contributed by atoms with Gasteiger partial charge in [-0.25, -0.2) is 0 Å². The molecule has 0 saturated carbocycles. The van der Waals surface area contributed by atoms with Crippen molar-refractivity contribution in [3.63, 3.8) is 0 Å². The number of nitrogens with one attached hydrogen (secondary N) is 1. The standard InChI is InChI=1S/C29H35NO3/c1-6-32-27-15-14-25(29(31)30-22(4)12-13-24-10-8-7-9-11-24)18-26(27)19-33-28-17-20(2)16-21(3)23(28)5/h7-11,14-18,22H,6,12-13,19H2,1-5H3,(H,30,31). The number of carbonyl (C=O) groups is 1. The third-order valence-electron chi connectivity index (χ3n) is 5.86. The van der Waals surface area contributed by atoms with Gasteiger partial charge in [-0.05, 0) is 94.0 Å². The second-order valence-electron chi connectivity index (χ2n) is 8.65. The SMILES string of the molecule is CCOc1ccc(C(=O)NC(C)CCc2ccccc2)cc1COc1cc(C)cc(C)c1C. The van der Waals surface area contributed by atoms with E-state index >= 15 is 0 Å². The van der Waals surface area contributed by atoms with Crippen LogP contribution in [0.1, 0.15) is 58.4 Å². The van der Waals surface area contributed by atoms with Crippen LogP contribution in [0.15, 0.2) is 60.7 Å². The van der Waals surface area contributed by atoms with E-state index in [4.69, 9.17) is 9.47 Å². The van der Waals surface area contributed by atoms with Gasteiger partial charge in [0.05, 0.1) is 6.61 Å². The monoisotopic (exact) mass is 445 g/mol. The van der Waals surface area contributed by atoms with Crippen molar-refractivity contribution < 1.29 is 14.3 Å². The number of carbonyl (C=O) groups excluding carboxylic acids is 1. The molecule has 0 fully saturated rings. The first-order valence-corrected chi connectivity index (χ1v) is 11.7. The molecule has 3 rings (SSSR count). The minimum Gasteiger partial charge on any atom is -0.493 e. The van der Waals surface area contributed by atoms with Crippen molar-refractivity contribution in [1.82, 2.24) is 5.32 Å². The van der Waals surface area contributed by atoms with Crippen LogP contribution >= 0.6 is 0 Å². The molecule has 0 heterocycles. The van der Waals surface area contributed by atoms with E-state index in [1.807, 2.05) is 56.3 Å². The molecule has 0 spiro atoms. The first kappa shape index (κ1) is 24.4. The lowest BCUT2D eigenvalue weighted by Crippen LogP contribution is -2.33. The molecule has 0 aliphatic rings. The Morgan fingerprint density at radius 3 is 2.42 bits per heavy atom. The topological polar surface area (TPSA) is 47.6 Å². The van der Waals surface area contributed by atoms with E-state index in [0.29, 0.717) is 18.8 Å². The Bertz CT molecular complexity index is 1080. The normalized spacial score (nSPS) is 11.7. The van der Waals surface area contributed by atoms with Crippen LogP contribution in [0.25, 0.3) is 0 Å².